The summed E-state index contributed by atoms with van der Waals surface area (Å²) in [6, 6.07) is 17.3. The van der Waals surface area contributed by atoms with Gasteiger partial charge in [0, 0.05) is 16.3 Å². The first-order valence-electron chi connectivity index (χ1n) is 10.1. The second-order valence-electron chi connectivity index (χ2n) is 7.55. The van der Waals surface area contributed by atoms with Crippen molar-refractivity contribution in [3.05, 3.63) is 98.4 Å². The second-order valence-corrected chi connectivity index (χ2v) is 8.55. The fourth-order valence-electron chi connectivity index (χ4n) is 3.95. The average molecular weight is 429 g/mol. The zero-order valence-corrected chi connectivity index (χ0v) is 18.0. The molecule has 0 N–H and O–H groups in total. The van der Waals surface area contributed by atoms with Crippen molar-refractivity contribution in [2.24, 2.45) is 0 Å². The maximum Gasteiger partial charge on any atom is 0.336 e. The summed E-state index contributed by atoms with van der Waals surface area (Å²) in [4.78, 5) is 31.8. The highest BCUT2D eigenvalue weighted by molar-refractivity contribution is 7.22. The van der Waals surface area contributed by atoms with Crippen LogP contribution in [0, 0.1) is 6.92 Å². The van der Waals surface area contributed by atoms with E-state index in [1.54, 1.807) is 10.9 Å². The molecular formula is C25H20N2O3S. The van der Waals surface area contributed by atoms with E-state index in [-0.39, 0.29) is 12.1 Å². The Hall–Kier alpha value is -3.51. The third-order valence-corrected chi connectivity index (χ3v) is 6.85. The highest BCUT2D eigenvalue weighted by atomic mass is 32.1. The fraction of sp³-hybridized carbons (Fsp3) is 0.160. The monoisotopic (exact) mass is 428 g/mol. The Balaban J connectivity index is 1.64. The van der Waals surface area contributed by atoms with Crippen LogP contribution in [0.1, 0.15) is 23.6 Å². The van der Waals surface area contributed by atoms with Crippen LogP contribution in [-0.4, -0.2) is 9.55 Å². The zero-order chi connectivity index (χ0) is 21.5. The number of nitrogens with zero attached hydrogens (tertiary/aromatic N) is 2. The lowest BCUT2D eigenvalue weighted by Crippen LogP contribution is -2.21. The molecule has 0 fully saturated rings. The molecule has 2 aromatic carbocycles. The van der Waals surface area contributed by atoms with Crippen LogP contribution in [-0.2, 0) is 13.0 Å². The van der Waals surface area contributed by atoms with E-state index in [2.05, 4.69) is 11.9 Å². The van der Waals surface area contributed by atoms with Crippen molar-refractivity contribution in [1.82, 2.24) is 9.55 Å². The van der Waals surface area contributed by atoms with E-state index in [0.717, 1.165) is 43.8 Å². The molecule has 0 unspecified atom stereocenters. The normalized spacial score (nSPS) is 11.4. The first-order chi connectivity index (χ1) is 15.0. The highest BCUT2D eigenvalue weighted by Crippen LogP contribution is 2.35. The third-order valence-electron chi connectivity index (χ3n) is 5.60. The Kier molecular flexibility index (Phi) is 4.79. The van der Waals surface area contributed by atoms with Crippen LogP contribution in [0.5, 0.6) is 0 Å². The Morgan fingerprint density at radius 1 is 1.06 bits per heavy atom. The van der Waals surface area contributed by atoms with Crippen LogP contribution < -0.4 is 11.2 Å². The van der Waals surface area contributed by atoms with Crippen molar-refractivity contribution in [2.75, 3.05) is 0 Å². The minimum absolute atomic E-state index is 0.104. The summed E-state index contributed by atoms with van der Waals surface area (Å²) in [5, 5.41) is 1.46. The Labute approximate surface area is 182 Å². The molecule has 5 nitrogen and oxygen atoms in total. The second kappa shape index (κ2) is 7.63. The number of fused-ring (bicyclic) bond motifs is 2. The van der Waals surface area contributed by atoms with Gasteiger partial charge in [-0.15, -0.1) is 11.3 Å². The van der Waals surface area contributed by atoms with Crippen molar-refractivity contribution in [3.63, 3.8) is 0 Å². The molecule has 5 rings (SSSR count). The predicted octanol–water partition coefficient (Wildman–Crippen LogP) is 5.15. The highest BCUT2D eigenvalue weighted by Gasteiger charge is 2.16. The number of hydrogen-bond donors (Lipinski definition) is 0. The summed E-state index contributed by atoms with van der Waals surface area (Å²) in [6.45, 7) is 4.27. The predicted molar refractivity (Wildman–Crippen MR) is 125 cm³/mol. The van der Waals surface area contributed by atoms with E-state index in [4.69, 9.17) is 4.42 Å². The quantitative estimate of drug-likeness (QED) is 0.371. The summed E-state index contributed by atoms with van der Waals surface area (Å²) in [5.74, 6) is 0. The molecule has 0 atom stereocenters. The summed E-state index contributed by atoms with van der Waals surface area (Å²) in [5.41, 5.74) is 3.87. The molecular weight excluding hydrogens is 408 g/mol. The van der Waals surface area contributed by atoms with Crippen LogP contribution in [0.25, 0.3) is 31.6 Å². The molecule has 5 aromatic rings. The molecule has 0 bridgehead atoms. The molecule has 3 aromatic heterocycles. The van der Waals surface area contributed by atoms with Crippen molar-refractivity contribution < 1.29 is 4.42 Å². The van der Waals surface area contributed by atoms with Gasteiger partial charge in [0.25, 0.3) is 5.56 Å². The molecule has 0 amide bonds. The Morgan fingerprint density at radius 3 is 2.65 bits per heavy atom. The van der Waals surface area contributed by atoms with Gasteiger partial charge in [-0.05, 0) is 41.7 Å². The Bertz CT molecular complexity index is 1540. The number of benzene rings is 2. The van der Waals surface area contributed by atoms with E-state index < -0.39 is 5.63 Å². The summed E-state index contributed by atoms with van der Waals surface area (Å²) >= 11 is 1.53. The molecule has 3 heterocycles. The summed E-state index contributed by atoms with van der Waals surface area (Å²) in [7, 11) is 0. The molecule has 0 spiro atoms. The minimum atomic E-state index is -0.420. The lowest BCUT2D eigenvalue weighted by molar-refractivity contribution is 0.557. The number of rotatable bonds is 4. The zero-order valence-electron chi connectivity index (χ0n) is 17.2. The topological polar surface area (TPSA) is 65.1 Å². The van der Waals surface area contributed by atoms with Crippen LogP contribution in [0.3, 0.4) is 0 Å². The van der Waals surface area contributed by atoms with Gasteiger partial charge < -0.3 is 4.42 Å². The van der Waals surface area contributed by atoms with Gasteiger partial charge in [-0.1, -0.05) is 49.4 Å². The maximum atomic E-state index is 13.3. The molecule has 0 aliphatic rings. The largest absolute Gasteiger partial charge is 0.423 e. The molecule has 31 heavy (non-hydrogen) atoms. The summed E-state index contributed by atoms with van der Waals surface area (Å²) in [6.07, 6.45) is 2.42. The lowest BCUT2D eigenvalue weighted by atomic mass is 10.1. The molecule has 0 saturated heterocycles. The van der Waals surface area contributed by atoms with E-state index in [1.807, 2.05) is 55.5 Å². The number of aromatic nitrogens is 2. The number of aryl methyl sites for hydroxylation is 2. The van der Waals surface area contributed by atoms with Gasteiger partial charge in [-0.3, -0.25) is 9.36 Å². The molecule has 6 heteroatoms. The van der Waals surface area contributed by atoms with Gasteiger partial charge in [-0.2, -0.15) is 0 Å². The van der Waals surface area contributed by atoms with E-state index in [9.17, 15) is 9.59 Å². The first kappa shape index (κ1) is 19.5. The number of thiophene rings is 1. The van der Waals surface area contributed by atoms with E-state index in [1.165, 1.54) is 17.4 Å². The van der Waals surface area contributed by atoms with Gasteiger partial charge in [0.15, 0.2) is 0 Å². The van der Waals surface area contributed by atoms with Crippen molar-refractivity contribution in [1.29, 1.82) is 0 Å². The van der Waals surface area contributed by atoms with E-state index >= 15 is 0 Å². The van der Waals surface area contributed by atoms with Crippen LogP contribution in [0.4, 0.5) is 0 Å². The average Bonchev–Trinajstić information content (AvgIpc) is 3.12. The third kappa shape index (κ3) is 3.39. The van der Waals surface area contributed by atoms with Gasteiger partial charge in [-0.25, -0.2) is 9.78 Å². The van der Waals surface area contributed by atoms with Crippen LogP contribution in [0.2, 0.25) is 0 Å². The fourth-order valence-corrected chi connectivity index (χ4v) is 5.09. The molecule has 0 radical (unpaired) electrons. The van der Waals surface area contributed by atoms with Crippen molar-refractivity contribution >= 4 is 32.5 Å². The SMILES string of the molecule is CCc1ccc2c(Cn3cnc4sc(-c5ccccc5)c(C)c4c3=O)cc(=O)oc2c1. The molecule has 154 valence electrons. The lowest BCUT2D eigenvalue weighted by Gasteiger charge is -2.09. The van der Waals surface area contributed by atoms with Gasteiger partial charge in [0.1, 0.15) is 10.4 Å². The molecule has 0 aliphatic carbocycles. The molecule has 0 aliphatic heterocycles. The van der Waals surface area contributed by atoms with Crippen molar-refractivity contribution in [2.45, 2.75) is 26.8 Å². The van der Waals surface area contributed by atoms with Gasteiger partial charge in [0.05, 0.1) is 18.3 Å². The van der Waals surface area contributed by atoms with Crippen LogP contribution in [0.15, 0.2) is 74.9 Å². The van der Waals surface area contributed by atoms with E-state index in [0.29, 0.717) is 11.0 Å². The number of hydrogen-bond acceptors (Lipinski definition) is 5. The van der Waals surface area contributed by atoms with Gasteiger partial charge >= 0.3 is 5.63 Å². The molecule has 0 saturated carbocycles. The standard InChI is InChI=1S/C25H20N2O3S/c1-3-16-9-10-19-18(12-21(28)30-20(19)11-16)13-27-14-26-24-22(25(27)29)15(2)23(31-24)17-7-5-4-6-8-17/h4-12,14H,3,13H2,1-2H3. The smallest absolute Gasteiger partial charge is 0.336 e. The first-order valence-corrected chi connectivity index (χ1v) is 11.0. The van der Waals surface area contributed by atoms with Gasteiger partial charge in [0.2, 0.25) is 0 Å². The Morgan fingerprint density at radius 2 is 1.87 bits per heavy atom. The van der Waals surface area contributed by atoms with Crippen LogP contribution >= 0.6 is 11.3 Å². The minimum Gasteiger partial charge on any atom is -0.423 e. The maximum absolute atomic E-state index is 13.3. The summed E-state index contributed by atoms with van der Waals surface area (Å²) < 4.78 is 6.97. The van der Waals surface area contributed by atoms with Crippen molar-refractivity contribution in [3.8, 4) is 10.4 Å².